The predicted octanol–water partition coefficient (Wildman–Crippen LogP) is 2.31. The number of amides is 3. The molecule has 6 N–H and O–H groups in total. The summed E-state index contributed by atoms with van der Waals surface area (Å²) in [5.74, 6) is 0.239. The number of ketones is 1. The van der Waals surface area contributed by atoms with Crippen LogP contribution < -0.4 is 22.1 Å². The molecule has 0 radical (unpaired) electrons. The SMILES string of the molecule is C=C(NC1CC(C)N(C(CCCCN)C(=O)N2CC3CC(=O)CC3C2)C1=O)C(Cc1ccccc1)NC(=O)C(N)Cc1ccccc1. The maximum Gasteiger partial charge on any atom is 0.246 e. The molecule has 7 unspecified atom stereocenters. The number of hydrogen-bond donors (Lipinski definition) is 4. The molecule has 3 fully saturated rings. The molecule has 252 valence electrons. The molecule has 10 heteroatoms. The van der Waals surface area contributed by atoms with E-state index < -0.39 is 24.2 Å². The molecule has 5 rings (SSSR count). The van der Waals surface area contributed by atoms with Crippen molar-refractivity contribution in [2.24, 2.45) is 23.3 Å². The summed E-state index contributed by atoms with van der Waals surface area (Å²) in [4.78, 5) is 57.0. The summed E-state index contributed by atoms with van der Waals surface area (Å²) in [6.07, 6.45) is 4.49. The van der Waals surface area contributed by atoms with Gasteiger partial charge < -0.3 is 31.9 Å². The number of benzene rings is 2. The lowest BCUT2D eigenvalue weighted by atomic mass is 10.0. The van der Waals surface area contributed by atoms with Gasteiger partial charge >= 0.3 is 0 Å². The molecule has 3 amide bonds. The van der Waals surface area contributed by atoms with E-state index in [2.05, 4.69) is 17.2 Å². The molecular formula is C37H50N6O4. The summed E-state index contributed by atoms with van der Waals surface area (Å²) in [5.41, 5.74) is 14.6. The van der Waals surface area contributed by atoms with Crippen molar-refractivity contribution in [3.63, 3.8) is 0 Å². The number of rotatable bonds is 15. The Kier molecular flexibility index (Phi) is 11.5. The number of nitrogens with one attached hydrogen (secondary N) is 2. The molecule has 7 atom stereocenters. The first kappa shape index (κ1) is 34.3. The highest BCUT2D eigenvalue weighted by Gasteiger charge is 2.48. The Morgan fingerprint density at radius 1 is 0.936 bits per heavy atom. The quantitative estimate of drug-likeness (QED) is 0.218. The van der Waals surface area contributed by atoms with Crippen LogP contribution in [0.5, 0.6) is 0 Å². The van der Waals surface area contributed by atoms with Crippen molar-refractivity contribution in [3.05, 3.63) is 84.1 Å². The van der Waals surface area contributed by atoms with E-state index in [0.29, 0.717) is 63.9 Å². The van der Waals surface area contributed by atoms with Crippen LogP contribution in [-0.4, -0.2) is 83.1 Å². The van der Waals surface area contributed by atoms with Gasteiger partial charge in [-0.2, -0.15) is 0 Å². The smallest absolute Gasteiger partial charge is 0.246 e. The van der Waals surface area contributed by atoms with Crippen LogP contribution in [-0.2, 0) is 32.0 Å². The van der Waals surface area contributed by atoms with Gasteiger partial charge in [-0.05, 0) is 75.0 Å². The van der Waals surface area contributed by atoms with Crippen molar-refractivity contribution < 1.29 is 19.2 Å². The number of fused-ring (bicyclic) bond motifs is 1. The fourth-order valence-electron chi connectivity index (χ4n) is 7.53. The van der Waals surface area contributed by atoms with Crippen LogP contribution in [0.15, 0.2) is 72.9 Å². The second-order valence-corrected chi connectivity index (χ2v) is 13.6. The molecule has 2 saturated heterocycles. The van der Waals surface area contributed by atoms with E-state index in [9.17, 15) is 19.2 Å². The Morgan fingerprint density at radius 3 is 2.13 bits per heavy atom. The molecule has 0 spiro atoms. The summed E-state index contributed by atoms with van der Waals surface area (Å²) < 4.78 is 0. The molecule has 2 aliphatic heterocycles. The molecular weight excluding hydrogens is 592 g/mol. The van der Waals surface area contributed by atoms with Gasteiger partial charge in [0.25, 0.3) is 0 Å². The minimum atomic E-state index is -0.754. The first-order chi connectivity index (χ1) is 22.6. The highest BCUT2D eigenvalue weighted by molar-refractivity contribution is 5.92. The molecule has 2 aromatic rings. The highest BCUT2D eigenvalue weighted by Crippen LogP contribution is 2.37. The van der Waals surface area contributed by atoms with Crippen molar-refractivity contribution in [2.45, 2.75) is 88.5 Å². The van der Waals surface area contributed by atoms with Gasteiger partial charge in [0.1, 0.15) is 17.9 Å². The number of carbonyl (C=O) groups excluding carboxylic acids is 4. The van der Waals surface area contributed by atoms with Crippen LogP contribution >= 0.6 is 0 Å². The monoisotopic (exact) mass is 642 g/mol. The molecule has 2 aromatic carbocycles. The van der Waals surface area contributed by atoms with E-state index in [4.69, 9.17) is 11.5 Å². The zero-order valence-electron chi connectivity index (χ0n) is 27.5. The standard InChI is InChI=1S/C37H50N6O4/c1-24-17-33(36(46)43(24)34(15-9-10-16-38)37(47)42-22-28-20-30(44)21-29(28)23-42)40-25(2)32(19-27-13-7-4-8-14-27)41-35(45)31(39)18-26-11-5-3-6-12-26/h3-8,11-14,24,28-29,31-34,40H,2,9-10,15-23,38-39H2,1H3,(H,41,45). The number of Topliss-reactive ketones (excluding diaryl/α,β-unsaturated/α-hetero) is 1. The van der Waals surface area contributed by atoms with Crippen molar-refractivity contribution in [1.29, 1.82) is 0 Å². The highest BCUT2D eigenvalue weighted by atomic mass is 16.2. The fourth-order valence-corrected chi connectivity index (χ4v) is 7.53. The van der Waals surface area contributed by atoms with E-state index >= 15 is 0 Å². The topological polar surface area (TPSA) is 151 Å². The Balaban J connectivity index is 1.27. The Morgan fingerprint density at radius 2 is 1.53 bits per heavy atom. The van der Waals surface area contributed by atoms with E-state index in [1.54, 1.807) is 4.90 Å². The lowest BCUT2D eigenvalue weighted by molar-refractivity contribution is -0.145. The predicted molar refractivity (Wildman–Crippen MR) is 182 cm³/mol. The van der Waals surface area contributed by atoms with Crippen LogP contribution in [0, 0.1) is 11.8 Å². The van der Waals surface area contributed by atoms with Gasteiger partial charge in [0.15, 0.2) is 0 Å². The lowest BCUT2D eigenvalue weighted by Gasteiger charge is -2.34. The van der Waals surface area contributed by atoms with Crippen molar-refractivity contribution in [1.82, 2.24) is 20.4 Å². The number of likely N-dealkylation sites (tertiary alicyclic amines) is 2. The summed E-state index contributed by atoms with van der Waals surface area (Å²) >= 11 is 0. The third kappa shape index (κ3) is 8.48. The maximum absolute atomic E-state index is 14.1. The van der Waals surface area contributed by atoms with Crippen LogP contribution in [0.25, 0.3) is 0 Å². The Hall–Kier alpha value is -4.02. The molecule has 0 bridgehead atoms. The second-order valence-electron chi connectivity index (χ2n) is 13.6. The van der Waals surface area contributed by atoms with E-state index in [1.807, 2.05) is 72.5 Å². The van der Waals surface area contributed by atoms with E-state index in [0.717, 1.165) is 24.0 Å². The number of unbranched alkanes of at least 4 members (excludes halogenated alkanes) is 1. The number of nitrogens with two attached hydrogens (primary N) is 2. The molecule has 47 heavy (non-hydrogen) atoms. The van der Waals surface area contributed by atoms with Gasteiger partial charge in [-0.3, -0.25) is 19.2 Å². The fraction of sp³-hybridized carbons (Fsp3) is 0.514. The molecule has 3 aliphatic rings. The Labute approximate surface area is 278 Å². The second kappa shape index (κ2) is 15.7. The van der Waals surface area contributed by atoms with Crippen LogP contribution in [0.3, 0.4) is 0 Å². The summed E-state index contributed by atoms with van der Waals surface area (Å²) in [6.45, 7) is 7.93. The molecule has 2 heterocycles. The van der Waals surface area contributed by atoms with Crippen LogP contribution in [0.4, 0.5) is 0 Å². The van der Waals surface area contributed by atoms with Crippen molar-refractivity contribution in [3.8, 4) is 0 Å². The zero-order chi connectivity index (χ0) is 33.5. The largest absolute Gasteiger partial charge is 0.376 e. The van der Waals surface area contributed by atoms with Gasteiger partial charge in [-0.25, -0.2) is 0 Å². The minimum Gasteiger partial charge on any atom is -0.376 e. The number of carbonyl (C=O) groups is 4. The van der Waals surface area contributed by atoms with Gasteiger partial charge in [-0.15, -0.1) is 0 Å². The average Bonchev–Trinajstić information content (AvgIpc) is 3.70. The first-order valence-corrected chi connectivity index (χ1v) is 17.1. The van der Waals surface area contributed by atoms with Crippen molar-refractivity contribution >= 4 is 23.5 Å². The summed E-state index contributed by atoms with van der Waals surface area (Å²) in [6, 6.07) is 16.8. The Bertz CT molecular complexity index is 1400. The van der Waals surface area contributed by atoms with E-state index in [-0.39, 0.29) is 41.4 Å². The van der Waals surface area contributed by atoms with Gasteiger partial charge in [0, 0.05) is 37.7 Å². The van der Waals surface area contributed by atoms with Crippen LogP contribution in [0.1, 0.15) is 56.6 Å². The molecule has 0 aromatic heterocycles. The minimum absolute atomic E-state index is 0.0369. The first-order valence-electron chi connectivity index (χ1n) is 17.1. The lowest BCUT2D eigenvalue weighted by Crippen LogP contribution is -2.53. The van der Waals surface area contributed by atoms with Gasteiger partial charge in [-0.1, -0.05) is 67.2 Å². The molecule has 1 aliphatic carbocycles. The van der Waals surface area contributed by atoms with Gasteiger partial charge in [0.2, 0.25) is 17.7 Å². The zero-order valence-corrected chi connectivity index (χ0v) is 27.5. The third-order valence-corrected chi connectivity index (χ3v) is 10.0. The summed E-state index contributed by atoms with van der Waals surface area (Å²) in [5, 5.41) is 6.43. The van der Waals surface area contributed by atoms with Crippen molar-refractivity contribution in [2.75, 3.05) is 19.6 Å². The molecule has 10 nitrogen and oxygen atoms in total. The maximum atomic E-state index is 14.1. The number of hydrogen-bond acceptors (Lipinski definition) is 7. The normalized spacial score (nSPS) is 24.1. The summed E-state index contributed by atoms with van der Waals surface area (Å²) in [7, 11) is 0. The number of nitrogens with zero attached hydrogens (tertiary/aromatic N) is 2. The van der Waals surface area contributed by atoms with Gasteiger partial charge in [0.05, 0.1) is 12.1 Å². The van der Waals surface area contributed by atoms with Crippen LogP contribution in [0.2, 0.25) is 0 Å². The third-order valence-electron chi connectivity index (χ3n) is 10.0. The van der Waals surface area contributed by atoms with E-state index in [1.165, 1.54) is 0 Å². The average molecular weight is 643 g/mol. The molecule has 1 saturated carbocycles.